The summed E-state index contributed by atoms with van der Waals surface area (Å²) >= 11 is 0. The van der Waals surface area contributed by atoms with Crippen molar-refractivity contribution < 1.29 is 5.11 Å². The molecule has 0 fully saturated rings. The van der Waals surface area contributed by atoms with Gasteiger partial charge < -0.3 is 5.11 Å². The summed E-state index contributed by atoms with van der Waals surface area (Å²) in [6.45, 7) is -0.149. The zero-order valence-corrected chi connectivity index (χ0v) is 3.23. The zero-order chi connectivity index (χ0) is 4.83. The summed E-state index contributed by atoms with van der Waals surface area (Å²) in [6.07, 6.45) is 4.68. The predicted molar refractivity (Wildman–Crippen MR) is 23.7 cm³/mol. The Bertz CT molecular complexity index is 108. The van der Waals surface area contributed by atoms with E-state index in [-0.39, 0.29) is 6.61 Å². The topological polar surface area (TPSA) is 20.2 Å². The lowest BCUT2D eigenvalue weighted by molar-refractivity contribution is 0.350. The molecule has 1 nitrogen and oxygen atoms in total. The van der Waals surface area contributed by atoms with E-state index in [0.29, 0.717) is 0 Å². The molecule has 0 radical (unpaired) electrons. The van der Waals surface area contributed by atoms with Crippen molar-refractivity contribution in [1.82, 2.24) is 0 Å². The molecule has 0 aliphatic heterocycles. The fourth-order valence-electron chi connectivity index (χ4n) is 0.0906. The minimum absolute atomic E-state index is 0.149. The van der Waals surface area contributed by atoms with Crippen molar-refractivity contribution in [3.05, 3.63) is 0 Å². The van der Waals surface area contributed by atoms with Crippen molar-refractivity contribution in [3.63, 3.8) is 0 Å². The molecule has 0 aromatic rings. The maximum Gasteiger partial charge on any atom is 0.105 e. The highest BCUT2D eigenvalue weighted by molar-refractivity contribution is 5.21. The van der Waals surface area contributed by atoms with Crippen molar-refractivity contribution >= 4 is 0 Å². The first-order valence-electron chi connectivity index (χ1n) is 1.46. The van der Waals surface area contributed by atoms with Gasteiger partial charge >= 0.3 is 0 Å². The highest BCUT2D eigenvalue weighted by Crippen LogP contribution is 1.46. The molecule has 0 spiro atoms. The lowest BCUT2D eigenvalue weighted by atomic mass is 10.6. The minimum Gasteiger partial charge on any atom is -0.384 e. The normalized spacial score (nSPS) is 4.67. The van der Waals surface area contributed by atoms with Crippen LogP contribution in [0.25, 0.3) is 0 Å². The van der Waals surface area contributed by atoms with Crippen LogP contribution >= 0.6 is 0 Å². The average molecular weight is 80.1 g/mol. The van der Waals surface area contributed by atoms with Gasteiger partial charge in [0.25, 0.3) is 0 Å². The maximum atomic E-state index is 7.93. The Balaban J connectivity index is 3.22. The number of rotatable bonds is 0. The van der Waals surface area contributed by atoms with E-state index in [9.17, 15) is 0 Å². The van der Waals surface area contributed by atoms with Gasteiger partial charge in [0.05, 0.1) is 0 Å². The molecule has 0 saturated carbocycles. The Morgan fingerprint density at radius 2 is 2.33 bits per heavy atom. The summed E-state index contributed by atoms with van der Waals surface area (Å²) in [5.74, 6) is 6.54. The lowest BCUT2D eigenvalue weighted by Crippen LogP contribution is -1.67. The Labute approximate surface area is 37.0 Å². The van der Waals surface area contributed by atoms with Gasteiger partial charge in [0.1, 0.15) is 6.61 Å². The molecule has 0 bridgehead atoms. The van der Waals surface area contributed by atoms with Crippen LogP contribution in [0, 0.1) is 24.2 Å². The second kappa shape index (κ2) is 4.08. The zero-order valence-electron chi connectivity index (χ0n) is 3.23. The molecule has 6 heavy (non-hydrogen) atoms. The van der Waals surface area contributed by atoms with Gasteiger partial charge in [-0.15, -0.1) is 6.42 Å². The van der Waals surface area contributed by atoms with Gasteiger partial charge in [0.15, 0.2) is 0 Å². The van der Waals surface area contributed by atoms with Crippen LogP contribution in [0.2, 0.25) is 0 Å². The largest absolute Gasteiger partial charge is 0.384 e. The smallest absolute Gasteiger partial charge is 0.105 e. The highest BCUT2D eigenvalue weighted by Gasteiger charge is 1.51. The van der Waals surface area contributed by atoms with Crippen LogP contribution in [0.3, 0.4) is 0 Å². The number of terminal acetylenes is 1. The predicted octanol–water partition coefficient (Wildman–Crippen LogP) is -0.385. The first-order chi connectivity index (χ1) is 2.91. The Morgan fingerprint density at radius 1 is 1.67 bits per heavy atom. The van der Waals surface area contributed by atoms with Gasteiger partial charge in [-0.05, 0) is 11.8 Å². The van der Waals surface area contributed by atoms with Crippen LogP contribution in [0.15, 0.2) is 0 Å². The van der Waals surface area contributed by atoms with Crippen LogP contribution in [0.1, 0.15) is 0 Å². The SMILES string of the molecule is C#CC#CCO. The summed E-state index contributed by atoms with van der Waals surface area (Å²) in [7, 11) is 0. The van der Waals surface area contributed by atoms with E-state index in [1.165, 1.54) is 0 Å². The maximum absolute atomic E-state index is 7.93. The number of aliphatic hydroxyl groups excluding tert-OH is 1. The van der Waals surface area contributed by atoms with Gasteiger partial charge in [-0.1, -0.05) is 5.92 Å². The van der Waals surface area contributed by atoms with Crippen molar-refractivity contribution in [3.8, 4) is 24.2 Å². The molecule has 0 aromatic heterocycles. The third kappa shape index (κ3) is 3.08. The molecule has 0 aliphatic carbocycles. The molecule has 0 amide bonds. The molecule has 0 aliphatic rings. The molecule has 0 unspecified atom stereocenters. The van der Waals surface area contributed by atoms with E-state index in [4.69, 9.17) is 5.11 Å². The van der Waals surface area contributed by atoms with Crippen LogP contribution in [0.5, 0.6) is 0 Å². The third-order valence-electron chi connectivity index (χ3n) is 0.240. The van der Waals surface area contributed by atoms with Crippen LogP contribution < -0.4 is 0 Å². The van der Waals surface area contributed by atoms with Crippen molar-refractivity contribution in [1.29, 1.82) is 0 Å². The van der Waals surface area contributed by atoms with Gasteiger partial charge in [0.2, 0.25) is 0 Å². The highest BCUT2D eigenvalue weighted by atomic mass is 16.2. The van der Waals surface area contributed by atoms with Gasteiger partial charge in [-0.2, -0.15) is 0 Å². The summed E-state index contributed by atoms with van der Waals surface area (Å²) in [5.41, 5.74) is 0. The summed E-state index contributed by atoms with van der Waals surface area (Å²) in [6, 6.07) is 0. The van der Waals surface area contributed by atoms with Gasteiger partial charge in [0, 0.05) is 0 Å². The molecular formula is C5H4O. The molecule has 0 atom stereocenters. The fraction of sp³-hybridized carbons (Fsp3) is 0.200. The quantitative estimate of drug-likeness (QED) is 0.393. The standard InChI is InChI=1S/C5H4O/c1-2-3-4-5-6/h1,6H,5H2. The Morgan fingerprint density at radius 3 is 2.50 bits per heavy atom. The molecule has 0 heterocycles. The first kappa shape index (κ1) is 5.08. The number of hydrogen-bond acceptors (Lipinski definition) is 1. The second-order valence-electron chi connectivity index (χ2n) is 0.604. The van der Waals surface area contributed by atoms with E-state index in [0.717, 1.165) is 0 Å². The molecule has 0 rings (SSSR count). The fourth-order valence-corrected chi connectivity index (χ4v) is 0.0906. The molecule has 1 heteroatoms. The molecule has 0 aromatic carbocycles. The van der Waals surface area contributed by atoms with E-state index in [1.54, 1.807) is 0 Å². The summed E-state index contributed by atoms with van der Waals surface area (Å²) < 4.78 is 0. The van der Waals surface area contributed by atoms with Crippen LogP contribution in [0.4, 0.5) is 0 Å². The van der Waals surface area contributed by atoms with Gasteiger partial charge in [-0.25, -0.2) is 0 Å². The Hall–Kier alpha value is -0.920. The van der Waals surface area contributed by atoms with Crippen molar-refractivity contribution in [2.75, 3.05) is 6.61 Å². The molecular weight excluding hydrogens is 76.1 g/mol. The van der Waals surface area contributed by atoms with Gasteiger partial charge in [-0.3, -0.25) is 0 Å². The monoisotopic (exact) mass is 80.0 g/mol. The van der Waals surface area contributed by atoms with E-state index < -0.39 is 0 Å². The summed E-state index contributed by atoms with van der Waals surface area (Å²) in [4.78, 5) is 0. The minimum atomic E-state index is -0.149. The molecule has 0 saturated heterocycles. The first-order valence-corrected chi connectivity index (χ1v) is 1.46. The molecule has 30 valence electrons. The van der Waals surface area contributed by atoms with Crippen LogP contribution in [-0.4, -0.2) is 11.7 Å². The number of hydrogen-bond donors (Lipinski definition) is 1. The number of aliphatic hydroxyl groups is 1. The van der Waals surface area contributed by atoms with Crippen molar-refractivity contribution in [2.24, 2.45) is 0 Å². The summed E-state index contributed by atoms with van der Waals surface area (Å²) in [5, 5.41) is 7.93. The van der Waals surface area contributed by atoms with Crippen molar-refractivity contribution in [2.45, 2.75) is 0 Å². The van der Waals surface area contributed by atoms with E-state index in [1.807, 2.05) is 5.92 Å². The lowest BCUT2D eigenvalue weighted by Gasteiger charge is -1.60. The average Bonchev–Trinajstić information content (AvgIpc) is 1.61. The third-order valence-corrected chi connectivity index (χ3v) is 0.240. The second-order valence-corrected chi connectivity index (χ2v) is 0.604. The van der Waals surface area contributed by atoms with E-state index >= 15 is 0 Å². The Kier molecular flexibility index (Phi) is 3.45. The van der Waals surface area contributed by atoms with Crippen LogP contribution in [-0.2, 0) is 0 Å². The molecule has 1 N–H and O–H groups in total. The van der Waals surface area contributed by atoms with E-state index in [2.05, 4.69) is 18.3 Å².